The molecule has 0 unspecified atom stereocenters. The number of hydrogen-bond acceptors (Lipinski definition) is 3. The number of aromatic amines is 1. The van der Waals surface area contributed by atoms with Crippen LogP contribution in [0.2, 0.25) is 0 Å². The standard InChI is InChI=1S/C21H21F3N2O3/c1-13-9-17(14(2)26(13)12-21(22,23)24)19(27)11-29-20(28)8-7-15-10-25-18-6-4-3-5-16(15)18/h3-6,9-10,25H,7-8,11-12H2,1-2H3. The number of rotatable bonds is 7. The van der Waals surface area contributed by atoms with Crippen molar-refractivity contribution in [3.8, 4) is 0 Å². The van der Waals surface area contributed by atoms with Crippen LogP contribution < -0.4 is 0 Å². The number of para-hydroxylation sites is 1. The second kappa shape index (κ2) is 8.14. The minimum atomic E-state index is -4.39. The van der Waals surface area contributed by atoms with E-state index in [1.807, 2.05) is 30.5 Å². The fourth-order valence-corrected chi connectivity index (χ4v) is 3.38. The van der Waals surface area contributed by atoms with Crippen LogP contribution in [-0.2, 0) is 22.5 Å². The fraction of sp³-hybridized carbons (Fsp3) is 0.333. The molecule has 154 valence electrons. The topological polar surface area (TPSA) is 64.1 Å². The lowest BCUT2D eigenvalue weighted by Crippen LogP contribution is -2.20. The summed E-state index contributed by atoms with van der Waals surface area (Å²) in [5.41, 5.74) is 2.62. The number of Topliss-reactive ketones (excluding diaryl/α,β-unsaturated/α-hetero) is 1. The molecule has 2 heterocycles. The summed E-state index contributed by atoms with van der Waals surface area (Å²) < 4.78 is 44.1. The number of aromatic nitrogens is 2. The van der Waals surface area contributed by atoms with E-state index in [0.29, 0.717) is 12.1 Å². The maximum absolute atomic E-state index is 12.7. The third kappa shape index (κ3) is 4.88. The largest absolute Gasteiger partial charge is 0.457 e. The van der Waals surface area contributed by atoms with Crippen molar-refractivity contribution in [3.05, 3.63) is 59.0 Å². The molecule has 0 saturated heterocycles. The van der Waals surface area contributed by atoms with Gasteiger partial charge < -0.3 is 14.3 Å². The highest BCUT2D eigenvalue weighted by atomic mass is 19.4. The Labute approximate surface area is 165 Å². The third-order valence-electron chi connectivity index (χ3n) is 4.85. The van der Waals surface area contributed by atoms with Gasteiger partial charge in [0.25, 0.3) is 0 Å². The number of fused-ring (bicyclic) bond motifs is 1. The first-order chi connectivity index (χ1) is 13.7. The molecule has 0 aliphatic heterocycles. The molecule has 3 rings (SSSR count). The SMILES string of the molecule is Cc1cc(C(=O)COC(=O)CCc2c[nH]c3ccccc23)c(C)n1CC(F)(F)F. The summed E-state index contributed by atoms with van der Waals surface area (Å²) in [4.78, 5) is 27.5. The Bertz CT molecular complexity index is 1050. The molecule has 0 aliphatic rings. The molecule has 8 heteroatoms. The van der Waals surface area contributed by atoms with Gasteiger partial charge in [-0.2, -0.15) is 13.2 Å². The van der Waals surface area contributed by atoms with Gasteiger partial charge in [-0.25, -0.2) is 0 Å². The van der Waals surface area contributed by atoms with Crippen LogP contribution in [-0.4, -0.2) is 34.1 Å². The number of halogens is 3. The quantitative estimate of drug-likeness (QED) is 0.464. The Morgan fingerprint density at radius 3 is 2.62 bits per heavy atom. The van der Waals surface area contributed by atoms with E-state index in [2.05, 4.69) is 4.98 Å². The molecule has 0 aliphatic carbocycles. The molecule has 29 heavy (non-hydrogen) atoms. The van der Waals surface area contributed by atoms with Crippen molar-refractivity contribution >= 4 is 22.7 Å². The van der Waals surface area contributed by atoms with Crippen molar-refractivity contribution in [1.82, 2.24) is 9.55 Å². The molecule has 0 bridgehead atoms. The summed E-state index contributed by atoms with van der Waals surface area (Å²) in [6.45, 7) is 1.29. The highest BCUT2D eigenvalue weighted by molar-refractivity contribution is 5.99. The van der Waals surface area contributed by atoms with Gasteiger partial charge in [-0.1, -0.05) is 18.2 Å². The van der Waals surface area contributed by atoms with Crippen LogP contribution in [0.25, 0.3) is 10.9 Å². The van der Waals surface area contributed by atoms with Crippen LogP contribution in [0.1, 0.15) is 33.7 Å². The molecular formula is C21H21F3N2O3. The molecule has 5 nitrogen and oxygen atoms in total. The van der Waals surface area contributed by atoms with E-state index >= 15 is 0 Å². The van der Waals surface area contributed by atoms with Crippen molar-refractivity contribution in [2.45, 2.75) is 39.4 Å². The van der Waals surface area contributed by atoms with Gasteiger partial charge in [0.05, 0.1) is 0 Å². The summed E-state index contributed by atoms with van der Waals surface area (Å²) >= 11 is 0. The molecule has 0 radical (unpaired) electrons. The molecule has 3 aromatic rings. The Kier molecular flexibility index (Phi) is 5.81. The molecule has 0 saturated carbocycles. The van der Waals surface area contributed by atoms with E-state index in [9.17, 15) is 22.8 Å². The van der Waals surface area contributed by atoms with Gasteiger partial charge in [0.1, 0.15) is 6.54 Å². The molecule has 0 fully saturated rings. The zero-order chi connectivity index (χ0) is 21.2. The average molecular weight is 406 g/mol. The number of ether oxygens (including phenoxy) is 1. The Morgan fingerprint density at radius 2 is 1.90 bits per heavy atom. The minimum absolute atomic E-state index is 0.0994. The zero-order valence-electron chi connectivity index (χ0n) is 16.1. The van der Waals surface area contributed by atoms with Gasteiger partial charge >= 0.3 is 12.1 Å². The highest BCUT2D eigenvalue weighted by Crippen LogP contribution is 2.23. The van der Waals surface area contributed by atoms with E-state index in [4.69, 9.17) is 4.74 Å². The summed E-state index contributed by atoms with van der Waals surface area (Å²) in [5, 5.41) is 1.02. The normalized spacial score (nSPS) is 11.8. The van der Waals surface area contributed by atoms with Crippen molar-refractivity contribution < 1.29 is 27.5 Å². The predicted molar refractivity (Wildman–Crippen MR) is 102 cm³/mol. The first kappa shape index (κ1) is 20.7. The minimum Gasteiger partial charge on any atom is -0.457 e. The summed E-state index contributed by atoms with van der Waals surface area (Å²) in [7, 11) is 0. The number of carbonyl (C=O) groups is 2. The monoisotopic (exact) mass is 406 g/mol. The maximum atomic E-state index is 12.7. The first-order valence-corrected chi connectivity index (χ1v) is 9.13. The zero-order valence-corrected chi connectivity index (χ0v) is 16.1. The van der Waals surface area contributed by atoms with Crippen molar-refractivity contribution in [1.29, 1.82) is 0 Å². The van der Waals surface area contributed by atoms with Crippen molar-refractivity contribution in [2.75, 3.05) is 6.61 Å². The number of aryl methyl sites for hydroxylation is 2. The van der Waals surface area contributed by atoms with Gasteiger partial charge in [-0.3, -0.25) is 9.59 Å². The number of carbonyl (C=O) groups excluding carboxylic acids is 2. The Balaban J connectivity index is 1.56. The highest BCUT2D eigenvalue weighted by Gasteiger charge is 2.30. The second-order valence-electron chi connectivity index (χ2n) is 6.93. The average Bonchev–Trinajstić information content (AvgIpc) is 3.19. The van der Waals surface area contributed by atoms with E-state index in [-0.39, 0.29) is 17.7 Å². The molecule has 2 aromatic heterocycles. The number of ketones is 1. The lowest BCUT2D eigenvalue weighted by atomic mass is 10.1. The van der Waals surface area contributed by atoms with Crippen molar-refractivity contribution in [2.24, 2.45) is 0 Å². The number of nitrogens with zero attached hydrogens (tertiary/aromatic N) is 1. The molecular weight excluding hydrogens is 385 g/mol. The van der Waals surface area contributed by atoms with Crippen LogP contribution in [0.5, 0.6) is 0 Å². The molecule has 0 amide bonds. The summed E-state index contributed by atoms with van der Waals surface area (Å²) in [5.74, 6) is -1.06. The third-order valence-corrected chi connectivity index (χ3v) is 4.85. The number of nitrogens with one attached hydrogen (secondary N) is 1. The van der Waals surface area contributed by atoms with Gasteiger partial charge in [0, 0.05) is 40.5 Å². The fourth-order valence-electron chi connectivity index (χ4n) is 3.38. The van der Waals surface area contributed by atoms with Crippen LogP contribution in [0.4, 0.5) is 13.2 Å². The number of hydrogen-bond donors (Lipinski definition) is 1. The van der Waals surface area contributed by atoms with E-state index < -0.39 is 31.1 Å². The molecule has 1 N–H and O–H groups in total. The number of benzene rings is 1. The summed E-state index contributed by atoms with van der Waals surface area (Å²) in [6, 6.07) is 9.10. The van der Waals surface area contributed by atoms with Crippen LogP contribution in [0, 0.1) is 13.8 Å². The van der Waals surface area contributed by atoms with Crippen LogP contribution >= 0.6 is 0 Å². The Hall–Kier alpha value is -3.03. The number of esters is 1. The number of alkyl halides is 3. The summed E-state index contributed by atoms with van der Waals surface area (Å²) in [6.07, 6.45) is -2.00. The Morgan fingerprint density at radius 1 is 1.17 bits per heavy atom. The first-order valence-electron chi connectivity index (χ1n) is 9.13. The maximum Gasteiger partial charge on any atom is 0.406 e. The van der Waals surface area contributed by atoms with Gasteiger partial charge in [0.2, 0.25) is 5.78 Å². The lowest BCUT2D eigenvalue weighted by molar-refractivity contribution is -0.142. The van der Waals surface area contributed by atoms with Gasteiger partial charge in [-0.05, 0) is 38.0 Å². The second-order valence-corrected chi connectivity index (χ2v) is 6.93. The van der Waals surface area contributed by atoms with E-state index in [1.54, 1.807) is 0 Å². The number of H-pyrrole nitrogens is 1. The van der Waals surface area contributed by atoms with Gasteiger partial charge in [0.15, 0.2) is 6.61 Å². The molecule has 0 spiro atoms. The van der Waals surface area contributed by atoms with E-state index in [0.717, 1.165) is 21.0 Å². The van der Waals surface area contributed by atoms with Gasteiger partial charge in [-0.15, -0.1) is 0 Å². The lowest BCUT2D eigenvalue weighted by Gasteiger charge is -2.12. The van der Waals surface area contributed by atoms with Crippen LogP contribution in [0.3, 0.4) is 0 Å². The molecule has 1 aromatic carbocycles. The van der Waals surface area contributed by atoms with E-state index in [1.165, 1.54) is 19.9 Å². The predicted octanol–water partition coefficient (Wildman–Crippen LogP) is 4.51. The van der Waals surface area contributed by atoms with Crippen molar-refractivity contribution in [3.63, 3.8) is 0 Å². The van der Waals surface area contributed by atoms with Crippen LogP contribution in [0.15, 0.2) is 36.5 Å². The molecule has 0 atom stereocenters. The smallest absolute Gasteiger partial charge is 0.406 e.